The summed E-state index contributed by atoms with van der Waals surface area (Å²) in [6, 6.07) is 1.84. The smallest absolute Gasteiger partial charge is 0.276 e. The van der Waals surface area contributed by atoms with Crippen LogP contribution in [0, 0.1) is 0 Å². The topological polar surface area (TPSA) is 72.9 Å². The molecular weight excluding hydrogens is 236 g/mol. The standard InChI is InChI=1S/C11H14N4OS/c1-3-8-9(12)10(15(2)14-8)11(16)13-7-4-5-17-6-7/h4-6H,3,12H2,1-2H3,(H,13,16). The van der Waals surface area contributed by atoms with Crippen molar-refractivity contribution in [3.63, 3.8) is 0 Å². The lowest BCUT2D eigenvalue weighted by molar-refractivity contribution is 0.101. The Hall–Kier alpha value is -1.82. The highest BCUT2D eigenvalue weighted by Gasteiger charge is 2.19. The number of nitrogens with two attached hydrogens (primary N) is 1. The van der Waals surface area contributed by atoms with E-state index in [2.05, 4.69) is 10.4 Å². The molecule has 6 heteroatoms. The predicted molar refractivity (Wildman–Crippen MR) is 69.3 cm³/mol. The SMILES string of the molecule is CCc1nn(C)c(C(=O)Nc2ccsc2)c1N. The molecule has 0 aliphatic heterocycles. The van der Waals surface area contributed by atoms with Crippen LogP contribution in [0.15, 0.2) is 16.8 Å². The first-order valence-electron chi connectivity index (χ1n) is 5.28. The average Bonchev–Trinajstić information content (AvgIpc) is 2.87. The minimum atomic E-state index is -0.226. The number of nitrogens with one attached hydrogen (secondary N) is 1. The molecule has 17 heavy (non-hydrogen) atoms. The van der Waals surface area contributed by atoms with Gasteiger partial charge in [0.15, 0.2) is 0 Å². The Morgan fingerprint density at radius 1 is 1.65 bits per heavy atom. The van der Waals surface area contributed by atoms with Gasteiger partial charge in [-0.3, -0.25) is 9.48 Å². The van der Waals surface area contributed by atoms with Crippen molar-refractivity contribution in [1.82, 2.24) is 9.78 Å². The second-order valence-electron chi connectivity index (χ2n) is 3.65. The fourth-order valence-electron chi connectivity index (χ4n) is 1.65. The molecule has 0 aliphatic rings. The van der Waals surface area contributed by atoms with Crippen LogP contribution in [-0.2, 0) is 13.5 Å². The molecule has 0 unspecified atom stereocenters. The van der Waals surface area contributed by atoms with Crippen LogP contribution in [0.2, 0.25) is 0 Å². The number of amides is 1. The summed E-state index contributed by atoms with van der Waals surface area (Å²) in [5.74, 6) is -0.226. The monoisotopic (exact) mass is 250 g/mol. The summed E-state index contributed by atoms with van der Waals surface area (Å²) in [5.41, 5.74) is 8.30. The summed E-state index contributed by atoms with van der Waals surface area (Å²) in [6.45, 7) is 1.96. The molecule has 0 spiro atoms. The van der Waals surface area contributed by atoms with Gasteiger partial charge in [-0.25, -0.2) is 0 Å². The summed E-state index contributed by atoms with van der Waals surface area (Å²) in [7, 11) is 1.72. The van der Waals surface area contributed by atoms with E-state index in [1.165, 1.54) is 16.0 Å². The Kier molecular flexibility index (Phi) is 3.14. The number of aryl methyl sites for hydroxylation is 2. The molecule has 0 bridgehead atoms. The number of hydrogen-bond acceptors (Lipinski definition) is 4. The minimum absolute atomic E-state index is 0.226. The number of carbonyl (C=O) groups is 1. The second kappa shape index (κ2) is 4.58. The summed E-state index contributed by atoms with van der Waals surface area (Å²) < 4.78 is 1.52. The molecule has 1 amide bonds. The Morgan fingerprint density at radius 2 is 2.41 bits per heavy atom. The summed E-state index contributed by atoms with van der Waals surface area (Å²) in [5, 5.41) is 10.8. The molecule has 0 aliphatic carbocycles. The van der Waals surface area contributed by atoms with Gasteiger partial charge in [-0.15, -0.1) is 0 Å². The molecule has 0 atom stereocenters. The van der Waals surface area contributed by atoms with Gasteiger partial charge >= 0.3 is 0 Å². The third kappa shape index (κ3) is 2.16. The van der Waals surface area contributed by atoms with Gasteiger partial charge in [-0.05, 0) is 17.9 Å². The van der Waals surface area contributed by atoms with Crippen molar-refractivity contribution in [2.24, 2.45) is 7.05 Å². The van der Waals surface area contributed by atoms with Gasteiger partial charge in [0.05, 0.1) is 17.1 Å². The predicted octanol–water partition coefficient (Wildman–Crippen LogP) is 1.88. The molecule has 0 fully saturated rings. The molecule has 0 saturated carbocycles. The zero-order valence-corrected chi connectivity index (χ0v) is 10.5. The van der Waals surface area contributed by atoms with Crippen LogP contribution in [0.5, 0.6) is 0 Å². The minimum Gasteiger partial charge on any atom is -0.395 e. The average molecular weight is 250 g/mol. The van der Waals surface area contributed by atoms with Crippen molar-refractivity contribution < 1.29 is 4.79 Å². The van der Waals surface area contributed by atoms with E-state index in [0.717, 1.165) is 11.4 Å². The molecule has 0 saturated heterocycles. The fourth-order valence-corrected chi connectivity index (χ4v) is 2.24. The first-order valence-corrected chi connectivity index (χ1v) is 6.22. The third-order valence-corrected chi connectivity index (χ3v) is 3.17. The summed E-state index contributed by atoms with van der Waals surface area (Å²) in [4.78, 5) is 12.0. The van der Waals surface area contributed by atoms with Crippen molar-refractivity contribution in [2.75, 3.05) is 11.1 Å². The van der Waals surface area contributed by atoms with Gasteiger partial charge in [0.2, 0.25) is 0 Å². The van der Waals surface area contributed by atoms with Gasteiger partial charge in [0, 0.05) is 12.4 Å². The van der Waals surface area contributed by atoms with Crippen molar-refractivity contribution in [2.45, 2.75) is 13.3 Å². The van der Waals surface area contributed by atoms with Crippen molar-refractivity contribution in [3.05, 3.63) is 28.2 Å². The number of carbonyl (C=O) groups excluding carboxylic acids is 1. The van der Waals surface area contributed by atoms with E-state index in [9.17, 15) is 4.79 Å². The van der Waals surface area contributed by atoms with Gasteiger partial charge < -0.3 is 11.1 Å². The van der Waals surface area contributed by atoms with Gasteiger partial charge in [-0.2, -0.15) is 16.4 Å². The van der Waals surface area contributed by atoms with Gasteiger partial charge in [0.1, 0.15) is 5.69 Å². The maximum Gasteiger partial charge on any atom is 0.276 e. The number of aromatic nitrogens is 2. The highest BCUT2D eigenvalue weighted by Crippen LogP contribution is 2.19. The molecule has 3 N–H and O–H groups in total. The van der Waals surface area contributed by atoms with Crippen molar-refractivity contribution in [3.8, 4) is 0 Å². The molecule has 2 heterocycles. The van der Waals surface area contributed by atoms with Crippen molar-refractivity contribution >= 4 is 28.6 Å². The lowest BCUT2D eigenvalue weighted by Gasteiger charge is -2.03. The zero-order valence-electron chi connectivity index (χ0n) is 9.73. The van der Waals surface area contributed by atoms with E-state index in [1.807, 2.05) is 23.8 Å². The van der Waals surface area contributed by atoms with Crippen LogP contribution in [0.4, 0.5) is 11.4 Å². The number of nitrogen functional groups attached to an aromatic ring is 1. The molecule has 2 aromatic rings. The molecule has 0 radical (unpaired) electrons. The van der Waals surface area contributed by atoms with E-state index in [4.69, 9.17) is 5.73 Å². The largest absolute Gasteiger partial charge is 0.395 e. The van der Waals surface area contributed by atoms with Crippen LogP contribution >= 0.6 is 11.3 Å². The maximum absolute atomic E-state index is 12.0. The lowest BCUT2D eigenvalue weighted by Crippen LogP contribution is -2.17. The van der Waals surface area contributed by atoms with Gasteiger partial charge in [0.25, 0.3) is 5.91 Å². The Morgan fingerprint density at radius 3 is 2.94 bits per heavy atom. The van der Waals surface area contributed by atoms with Crippen LogP contribution in [-0.4, -0.2) is 15.7 Å². The first-order chi connectivity index (χ1) is 8.13. The molecule has 0 aromatic carbocycles. The molecule has 90 valence electrons. The number of rotatable bonds is 3. The molecular formula is C11H14N4OS. The zero-order chi connectivity index (χ0) is 12.4. The molecule has 5 nitrogen and oxygen atoms in total. The Labute approximate surface area is 103 Å². The highest BCUT2D eigenvalue weighted by atomic mass is 32.1. The third-order valence-electron chi connectivity index (χ3n) is 2.49. The summed E-state index contributed by atoms with van der Waals surface area (Å²) in [6.07, 6.45) is 0.714. The Bertz CT molecular complexity index is 530. The van der Waals surface area contributed by atoms with E-state index in [-0.39, 0.29) is 5.91 Å². The Balaban J connectivity index is 2.28. The van der Waals surface area contributed by atoms with Crippen LogP contribution < -0.4 is 11.1 Å². The molecule has 2 rings (SSSR count). The van der Waals surface area contributed by atoms with Crippen LogP contribution in [0.3, 0.4) is 0 Å². The number of hydrogen-bond donors (Lipinski definition) is 2. The van der Waals surface area contributed by atoms with Gasteiger partial charge in [-0.1, -0.05) is 6.92 Å². The van der Waals surface area contributed by atoms with E-state index < -0.39 is 0 Å². The van der Waals surface area contributed by atoms with Crippen LogP contribution in [0.1, 0.15) is 23.1 Å². The van der Waals surface area contributed by atoms with Crippen molar-refractivity contribution in [1.29, 1.82) is 0 Å². The van der Waals surface area contributed by atoms with E-state index >= 15 is 0 Å². The quantitative estimate of drug-likeness (QED) is 0.873. The second-order valence-corrected chi connectivity index (χ2v) is 4.43. The number of thiophene rings is 1. The maximum atomic E-state index is 12.0. The number of nitrogens with zero attached hydrogens (tertiary/aromatic N) is 2. The first kappa shape index (κ1) is 11.7. The fraction of sp³-hybridized carbons (Fsp3) is 0.273. The normalized spacial score (nSPS) is 10.5. The van der Waals surface area contributed by atoms with E-state index in [0.29, 0.717) is 17.8 Å². The number of anilines is 2. The summed E-state index contributed by atoms with van der Waals surface area (Å²) >= 11 is 1.53. The van der Waals surface area contributed by atoms with E-state index in [1.54, 1.807) is 7.05 Å². The molecule has 2 aromatic heterocycles. The lowest BCUT2D eigenvalue weighted by atomic mass is 10.2. The highest BCUT2D eigenvalue weighted by molar-refractivity contribution is 7.08. The van der Waals surface area contributed by atoms with Crippen LogP contribution in [0.25, 0.3) is 0 Å².